The molecule has 0 spiro atoms. The molecule has 0 unspecified atom stereocenters. The summed E-state index contributed by atoms with van der Waals surface area (Å²) in [5.74, 6) is 0. The van der Waals surface area contributed by atoms with Crippen molar-refractivity contribution in [2.75, 3.05) is 18.4 Å². The summed E-state index contributed by atoms with van der Waals surface area (Å²) in [6.45, 7) is 0.656. The third kappa shape index (κ3) is 4.65. The van der Waals surface area contributed by atoms with E-state index in [9.17, 15) is 0 Å². The highest BCUT2D eigenvalue weighted by molar-refractivity contribution is 14.1. The minimum atomic E-state index is 0.656. The molecular formula is C3H8INO. The van der Waals surface area contributed by atoms with Crippen LogP contribution in [0.25, 0.3) is 0 Å². The minimum absolute atomic E-state index is 0.656. The van der Waals surface area contributed by atoms with Gasteiger partial charge in [0.25, 0.3) is 0 Å². The second-order valence-electron chi connectivity index (χ2n) is 0.817. The molecule has 6 heavy (non-hydrogen) atoms. The lowest BCUT2D eigenvalue weighted by molar-refractivity contribution is 0.182. The summed E-state index contributed by atoms with van der Waals surface area (Å²) in [6, 6.07) is 0. The van der Waals surface area contributed by atoms with Crippen LogP contribution in [-0.4, -0.2) is 18.4 Å². The first-order valence-corrected chi connectivity index (χ1v) is 3.20. The molecule has 2 nitrogen and oxygen atoms in total. The molecule has 0 atom stereocenters. The molecule has 1 N–H and O–H groups in total. The first kappa shape index (κ1) is 6.65. The van der Waals surface area contributed by atoms with Crippen LogP contribution in [0.4, 0.5) is 0 Å². The molecule has 0 saturated carbocycles. The lowest BCUT2D eigenvalue weighted by Gasteiger charge is -1.92. The van der Waals surface area contributed by atoms with E-state index in [1.165, 1.54) is 0 Å². The first-order chi connectivity index (χ1) is 2.91. The lowest BCUT2D eigenvalue weighted by Crippen LogP contribution is -2.12. The largest absolute Gasteiger partial charge is 0.370 e. The maximum Gasteiger partial charge on any atom is 0.0967 e. The zero-order chi connectivity index (χ0) is 4.83. The molecule has 0 amide bonds. The van der Waals surface area contributed by atoms with Crippen molar-refractivity contribution >= 4 is 22.6 Å². The fourth-order valence-electron chi connectivity index (χ4n) is 0.141. The Kier molecular flexibility index (Phi) is 6.26. The molecule has 38 valence electrons. The van der Waals surface area contributed by atoms with Crippen LogP contribution < -0.4 is 5.32 Å². The van der Waals surface area contributed by atoms with Crippen molar-refractivity contribution in [2.24, 2.45) is 0 Å². The van der Waals surface area contributed by atoms with Crippen LogP contribution in [0.2, 0.25) is 0 Å². The fourth-order valence-corrected chi connectivity index (χ4v) is 0.361. The van der Waals surface area contributed by atoms with Gasteiger partial charge in [0.1, 0.15) is 0 Å². The third-order valence-corrected chi connectivity index (χ3v) is 0.880. The predicted molar refractivity (Wildman–Crippen MR) is 33.9 cm³/mol. The second kappa shape index (κ2) is 5.65. The Bertz CT molecular complexity index is 22.8. The van der Waals surface area contributed by atoms with Crippen LogP contribution in [0, 0.1) is 0 Å². The average molecular weight is 201 g/mol. The van der Waals surface area contributed by atoms with Crippen LogP contribution in [0.5, 0.6) is 0 Å². The normalized spacial score (nSPS) is 9.00. The van der Waals surface area contributed by atoms with Crippen molar-refractivity contribution in [3.8, 4) is 0 Å². The molecule has 0 aromatic rings. The Morgan fingerprint density at radius 1 is 1.83 bits per heavy atom. The van der Waals surface area contributed by atoms with E-state index in [0.29, 0.717) is 6.73 Å². The van der Waals surface area contributed by atoms with E-state index in [1.54, 1.807) is 7.11 Å². The summed E-state index contributed by atoms with van der Waals surface area (Å²) in [6.07, 6.45) is 0. The van der Waals surface area contributed by atoms with Crippen molar-refractivity contribution in [1.82, 2.24) is 5.32 Å². The molecule has 0 radical (unpaired) electrons. The van der Waals surface area contributed by atoms with Crippen molar-refractivity contribution < 1.29 is 4.74 Å². The number of methoxy groups -OCH3 is 1. The fraction of sp³-hybridized carbons (Fsp3) is 1.00. The molecule has 0 heterocycles. The van der Waals surface area contributed by atoms with Gasteiger partial charge in [0.05, 0.1) is 6.73 Å². The summed E-state index contributed by atoms with van der Waals surface area (Å²) in [5, 5.41) is 2.96. The molecule has 3 heteroatoms. The van der Waals surface area contributed by atoms with Gasteiger partial charge in [-0.2, -0.15) is 0 Å². The van der Waals surface area contributed by atoms with Crippen LogP contribution in [-0.2, 0) is 4.74 Å². The number of halogens is 1. The van der Waals surface area contributed by atoms with Gasteiger partial charge in [-0.15, -0.1) is 0 Å². The number of hydrogen-bond donors (Lipinski definition) is 1. The highest BCUT2D eigenvalue weighted by Crippen LogP contribution is 1.70. The van der Waals surface area contributed by atoms with Gasteiger partial charge in [0.15, 0.2) is 0 Å². The molecule has 0 aromatic carbocycles. The summed E-state index contributed by atoms with van der Waals surface area (Å²) >= 11 is 2.22. The molecule has 0 saturated heterocycles. The minimum Gasteiger partial charge on any atom is -0.370 e. The van der Waals surface area contributed by atoms with Crippen molar-refractivity contribution in [3.05, 3.63) is 0 Å². The number of hydrogen-bond acceptors (Lipinski definition) is 2. The average Bonchev–Trinajstić information content (AvgIpc) is 1.61. The van der Waals surface area contributed by atoms with Crippen molar-refractivity contribution in [2.45, 2.75) is 0 Å². The van der Waals surface area contributed by atoms with Gasteiger partial charge in [0, 0.05) is 11.7 Å². The molecule has 0 rings (SSSR count). The highest BCUT2D eigenvalue weighted by atomic mass is 127. The van der Waals surface area contributed by atoms with E-state index in [-0.39, 0.29) is 0 Å². The molecule has 0 bridgehead atoms. The lowest BCUT2D eigenvalue weighted by atomic mass is 11.1. The Morgan fingerprint density at radius 3 is 2.67 bits per heavy atom. The zero-order valence-corrected chi connectivity index (χ0v) is 5.86. The maximum absolute atomic E-state index is 4.67. The predicted octanol–water partition coefficient (Wildman–Crippen LogP) is 0.572. The van der Waals surface area contributed by atoms with Gasteiger partial charge in [-0.05, 0) is 0 Å². The summed E-state index contributed by atoms with van der Waals surface area (Å²) in [4.78, 5) is 0. The standard InChI is InChI=1S/C3H8INO/c1-6-3-5-2-4/h5H,2-3H2,1H3. The van der Waals surface area contributed by atoms with Crippen LogP contribution in [0.3, 0.4) is 0 Å². The van der Waals surface area contributed by atoms with Gasteiger partial charge >= 0.3 is 0 Å². The number of nitrogens with one attached hydrogen (secondary N) is 1. The number of ether oxygens (including phenoxy) is 1. The van der Waals surface area contributed by atoms with E-state index in [4.69, 9.17) is 0 Å². The zero-order valence-electron chi connectivity index (χ0n) is 3.70. The summed E-state index contributed by atoms with van der Waals surface area (Å²) in [5.41, 5.74) is 0. The molecule has 0 aromatic heterocycles. The smallest absolute Gasteiger partial charge is 0.0967 e. The SMILES string of the molecule is COCNCI. The van der Waals surface area contributed by atoms with E-state index < -0.39 is 0 Å². The number of rotatable bonds is 3. The Balaban J connectivity index is 2.34. The monoisotopic (exact) mass is 201 g/mol. The molecule has 0 aliphatic carbocycles. The molecular weight excluding hydrogens is 193 g/mol. The van der Waals surface area contributed by atoms with Crippen molar-refractivity contribution in [3.63, 3.8) is 0 Å². The third-order valence-electron chi connectivity index (χ3n) is 0.341. The van der Waals surface area contributed by atoms with E-state index in [0.717, 1.165) is 4.55 Å². The van der Waals surface area contributed by atoms with Gasteiger partial charge in [-0.25, -0.2) is 0 Å². The van der Waals surface area contributed by atoms with Gasteiger partial charge in [-0.3, -0.25) is 5.32 Å². The summed E-state index contributed by atoms with van der Waals surface area (Å²) < 4.78 is 5.62. The first-order valence-electron chi connectivity index (χ1n) is 1.67. The molecule has 0 fully saturated rings. The van der Waals surface area contributed by atoms with Gasteiger partial charge < -0.3 is 4.74 Å². The topological polar surface area (TPSA) is 21.3 Å². The van der Waals surface area contributed by atoms with E-state index >= 15 is 0 Å². The second-order valence-corrected chi connectivity index (χ2v) is 1.58. The van der Waals surface area contributed by atoms with Gasteiger partial charge in [-0.1, -0.05) is 22.6 Å². The molecule has 0 aliphatic rings. The Hall–Kier alpha value is 0.650. The van der Waals surface area contributed by atoms with Crippen LogP contribution >= 0.6 is 22.6 Å². The van der Waals surface area contributed by atoms with Crippen molar-refractivity contribution in [1.29, 1.82) is 0 Å². The Labute approximate surface area is 51.4 Å². The quantitative estimate of drug-likeness (QED) is 0.237. The molecule has 0 aliphatic heterocycles. The van der Waals surface area contributed by atoms with E-state index in [2.05, 4.69) is 32.6 Å². The van der Waals surface area contributed by atoms with E-state index in [1.807, 2.05) is 0 Å². The highest BCUT2D eigenvalue weighted by Gasteiger charge is 1.71. The Morgan fingerprint density at radius 2 is 2.50 bits per heavy atom. The maximum atomic E-state index is 4.67. The summed E-state index contributed by atoms with van der Waals surface area (Å²) in [7, 11) is 1.67. The van der Waals surface area contributed by atoms with Gasteiger partial charge in [0.2, 0.25) is 0 Å². The van der Waals surface area contributed by atoms with Crippen LogP contribution in [0.1, 0.15) is 0 Å². The van der Waals surface area contributed by atoms with Crippen LogP contribution in [0.15, 0.2) is 0 Å². The number of alkyl halides is 1.